The molecule has 0 saturated heterocycles. The van der Waals surface area contributed by atoms with E-state index in [9.17, 15) is 0 Å². The molecule has 5 nitrogen and oxygen atoms in total. The summed E-state index contributed by atoms with van der Waals surface area (Å²) in [5.74, 6) is 1.88. The number of hydrogen-bond donors (Lipinski definition) is 0. The highest BCUT2D eigenvalue weighted by Gasteiger charge is 2.18. The van der Waals surface area contributed by atoms with Crippen molar-refractivity contribution in [1.82, 2.24) is 19.9 Å². The Labute approximate surface area is 200 Å². The van der Waals surface area contributed by atoms with E-state index in [0.717, 1.165) is 49.4 Å². The Balaban J connectivity index is 1.53. The van der Waals surface area contributed by atoms with Gasteiger partial charge in [0.05, 0.1) is 0 Å². The van der Waals surface area contributed by atoms with Gasteiger partial charge in [-0.1, -0.05) is 72.8 Å². The maximum Gasteiger partial charge on any atom is 0.164 e. The molecule has 0 unspecified atom stereocenters. The van der Waals surface area contributed by atoms with E-state index in [4.69, 9.17) is 19.4 Å². The van der Waals surface area contributed by atoms with E-state index >= 15 is 0 Å². The first-order valence-electron chi connectivity index (χ1n) is 11.4. The molecular weight excluding hydrogens is 432 g/mol. The van der Waals surface area contributed by atoms with Crippen LogP contribution >= 0.6 is 0 Å². The minimum atomic E-state index is 0.612. The first-order valence-corrected chi connectivity index (χ1v) is 11.4. The number of nitrogens with zero attached hydrogens (tertiary/aromatic N) is 4. The van der Waals surface area contributed by atoms with Gasteiger partial charge in [-0.3, -0.25) is 4.98 Å². The first kappa shape index (κ1) is 19.6. The number of fused-ring (bicyclic) bond motifs is 4. The Bertz CT molecular complexity index is 1790. The molecular formula is C30H18N4O. The van der Waals surface area contributed by atoms with E-state index in [1.54, 1.807) is 0 Å². The van der Waals surface area contributed by atoms with Gasteiger partial charge >= 0.3 is 0 Å². The number of furan rings is 1. The number of aromatic nitrogens is 4. The van der Waals surface area contributed by atoms with E-state index in [1.165, 1.54) is 0 Å². The van der Waals surface area contributed by atoms with Gasteiger partial charge in [-0.15, -0.1) is 0 Å². The van der Waals surface area contributed by atoms with Crippen LogP contribution in [0.5, 0.6) is 0 Å². The molecule has 4 aromatic carbocycles. The SMILES string of the molecule is c1ccc(-c2nc(-c3ccccc3)nc(-c3cccc4oc5cc6cnccc6cc5c34)n2)cc1. The quantitative estimate of drug-likeness (QED) is 0.282. The minimum absolute atomic E-state index is 0.612. The third kappa shape index (κ3) is 3.33. The van der Waals surface area contributed by atoms with Gasteiger partial charge in [0, 0.05) is 45.2 Å². The molecule has 7 aromatic rings. The van der Waals surface area contributed by atoms with Crippen molar-refractivity contribution in [3.8, 4) is 34.2 Å². The van der Waals surface area contributed by atoms with Crippen molar-refractivity contribution in [3.63, 3.8) is 0 Å². The molecule has 3 heterocycles. The third-order valence-electron chi connectivity index (χ3n) is 6.19. The van der Waals surface area contributed by atoms with Crippen molar-refractivity contribution in [2.75, 3.05) is 0 Å². The average Bonchev–Trinajstić information content (AvgIpc) is 3.30. The van der Waals surface area contributed by atoms with Crippen LogP contribution in [-0.4, -0.2) is 19.9 Å². The van der Waals surface area contributed by atoms with Gasteiger partial charge < -0.3 is 4.42 Å². The molecule has 0 N–H and O–H groups in total. The molecule has 0 aliphatic heterocycles. The van der Waals surface area contributed by atoms with Crippen LogP contribution in [0.3, 0.4) is 0 Å². The normalized spacial score (nSPS) is 11.4. The molecule has 5 heteroatoms. The van der Waals surface area contributed by atoms with Gasteiger partial charge in [0.1, 0.15) is 11.2 Å². The smallest absolute Gasteiger partial charge is 0.164 e. The van der Waals surface area contributed by atoms with Crippen molar-refractivity contribution in [1.29, 1.82) is 0 Å². The van der Waals surface area contributed by atoms with Crippen LogP contribution in [0.2, 0.25) is 0 Å². The average molecular weight is 451 g/mol. The second kappa shape index (κ2) is 7.85. The van der Waals surface area contributed by atoms with Crippen LogP contribution in [0.25, 0.3) is 66.9 Å². The molecule has 7 rings (SSSR count). The summed E-state index contributed by atoms with van der Waals surface area (Å²) in [7, 11) is 0. The summed E-state index contributed by atoms with van der Waals surface area (Å²) in [6, 6.07) is 32.2. The number of pyridine rings is 1. The Morgan fingerprint density at radius 1 is 0.543 bits per heavy atom. The first-order chi connectivity index (χ1) is 17.3. The van der Waals surface area contributed by atoms with Gasteiger partial charge in [-0.2, -0.15) is 0 Å². The Morgan fingerprint density at radius 3 is 1.94 bits per heavy atom. The third-order valence-corrected chi connectivity index (χ3v) is 6.19. The molecule has 0 fully saturated rings. The van der Waals surface area contributed by atoms with Gasteiger partial charge in [0.2, 0.25) is 0 Å². The number of hydrogen-bond acceptors (Lipinski definition) is 5. The molecule has 0 saturated carbocycles. The highest BCUT2D eigenvalue weighted by Crippen LogP contribution is 2.38. The molecule has 0 spiro atoms. The Hall–Kier alpha value is -4.90. The lowest BCUT2D eigenvalue weighted by atomic mass is 10.0. The largest absolute Gasteiger partial charge is 0.456 e. The number of rotatable bonds is 3. The van der Waals surface area contributed by atoms with Crippen molar-refractivity contribution >= 4 is 32.7 Å². The molecule has 0 amide bonds. The standard InChI is InChI=1S/C30H18N4O/c1-3-8-19(9-4-1)28-32-29(20-10-5-2-6-11-20)34-30(33-28)23-12-7-13-25-27(23)24-16-21-14-15-31-18-22(21)17-26(24)35-25/h1-18H. The van der Waals surface area contributed by atoms with E-state index < -0.39 is 0 Å². The summed E-state index contributed by atoms with van der Waals surface area (Å²) in [5.41, 5.74) is 4.40. The Kier molecular flexibility index (Phi) is 4.39. The predicted molar refractivity (Wildman–Crippen MR) is 139 cm³/mol. The predicted octanol–water partition coefficient (Wildman–Crippen LogP) is 7.32. The molecule has 0 radical (unpaired) electrons. The topological polar surface area (TPSA) is 64.7 Å². The maximum atomic E-state index is 6.25. The summed E-state index contributed by atoms with van der Waals surface area (Å²) in [6.45, 7) is 0. The van der Waals surface area contributed by atoms with Gasteiger partial charge in [0.15, 0.2) is 17.5 Å². The van der Waals surface area contributed by atoms with Crippen LogP contribution < -0.4 is 0 Å². The summed E-state index contributed by atoms with van der Waals surface area (Å²) in [5, 5.41) is 4.16. The molecule has 35 heavy (non-hydrogen) atoms. The monoisotopic (exact) mass is 450 g/mol. The van der Waals surface area contributed by atoms with Gasteiger partial charge in [-0.25, -0.2) is 15.0 Å². The zero-order valence-electron chi connectivity index (χ0n) is 18.6. The second-order valence-electron chi connectivity index (χ2n) is 8.39. The lowest BCUT2D eigenvalue weighted by molar-refractivity contribution is 0.669. The van der Waals surface area contributed by atoms with E-state index in [-0.39, 0.29) is 0 Å². The second-order valence-corrected chi connectivity index (χ2v) is 8.39. The molecule has 0 atom stereocenters. The van der Waals surface area contributed by atoms with E-state index in [1.807, 2.05) is 103 Å². The molecule has 0 aliphatic carbocycles. The molecule has 164 valence electrons. The van der Waals surface area contributed by atoms with E-state index in [2.05, 4.69) is 11.1 Å². The molecule has 0 bridgehead atoms. The fourth-order valence-electron chi connectivity index (χ4n) is 4.52. The van der Waals surface area contributed by atoms with Crippen LogP contribution in [0.4, 0.5) is 0 Å². The lowest BCUT2D eigenvalue weighted by Gasteiger charge is -2.09. The summed E-state index contributed by atoms with van der Waals surface area (Å²) in [4.78, 5) is 18.9. The highest BCUT2D eigenvalue weighted by molar-refractivity contribution is 6.15. The summed E-state index contributed by atoms with van der Waals surface area (Å²) >= 11 is 0. The zero-order valence-corrected chi connectivity index (χ0v) is 18.6. The van der Waals surface area contributed by atoms with Crippen molar-refractivity contribution in [2.24, 2.45) is 0 Å². The van der Waals surface area contributed by atoms with Crippen LogP contribution in [-0.2, 0) is 0 Å². The fraction of sp³-hybridized carbons (Fsp3) is 0. The molecule has 3 aromatic heterocycles. The van der Waals surface area contributed by atoms with Gasteiger partial charge in [-0.05, 0) is 29.7 Å². The minimum Gasteiger partial charge on any atom is -0.456 e. The summed E-state index contributed by atoms with van der Waals surface area (Å²) in [6.07, 6.45) is 3.66. The highest BCUT2D eigenvalue weighted by atomic mass is 16.3. The van der Waals surface area contributed by atoms with Crippen molar-refractivity contribution in [2.45, 2.75) is 0 Å². The summed E-state index contributed by atoms with van der Waals surface area (Å²) < 4.78 is 6.25. The van der Waals surface area contributed by atoms with Crippen molar-refractivity contribution < 1.29 is 4.42 Å². The van der Waals surface area contributed by atoms with Crippen LogP contribution in [0.15, 0.2) is 114 Å². The van der Waals surface area contributed by atoms with E-state index in [0.29, 0.717) is 17.5 Å². The van der Waals surface area contributed by atoms with Crippen LogP contribution in [0, 0.1) is 0 Å². The van der Waals surface area contributed by atoms with Crippen molar-refractivity contribution in [3.05, 3.63) is 109 Å². The van der Waals surface area contributed by atoms with Gasteiger partial charge in [0.25, 0.3) is 0 Å². The fourth-order valence-corrected chi connectivity index (χ4v) is 4.52. The molecule has 0 aliphatic rings. The lowest BCUT2D eigenvalue weighted by Crippen LogP contribution is -2.00. The Morgan fingerprint density at radius 2 is 1.23 bits per heavy atom. The number of benzene rings is 4. The van der Waals surface area contributed by atoms with Crippen LogP contribution in [0.1, 0.15) is 0 Å². The maximum absolute atomic E-state index is 6.25. The zero-order chi connectivity index (χ0) is 23.2.